The Kier molecular flexibility index (Phi) is 8.00. The molecular formula is C21H26F3N3O5S2. The molecule has 0 saturated heterocycles. The molecule has 0 fully saturated rings. The third kappa shape index (κ3) is 5.42. The first-order valence-corrected chi connectivity index (χ1v) is 13.4. The second-order valence-corrected chi connectivity index (χ2v) is 11.5. The van der Waals surface area contributed by atoms with Crippen LogP contribution in [0.3, 0.4) is 0 Å². The van der Waals surface area contributed by atoms with Crippen LogP contribution in [0.2, 0.25) is 0 Å². The highest BCUT2D eigenvalue weighted by Gasteiger charge is 2.38. The molecule has 1 unspecified atom stereocenters. The van der Waals surface area contributed by atoms with Gasteiger partial charge in [0.25, 0.3) is 0 Å². The van der Waals surface area contributed by atoms with Crippen molar-refractivity contribution in [2.45, 2.75) is 61.7 Å². The fourth-order valence-corrected chi connectivity index (χ4v) is 6.32. The van der Waals surface area contributed by atoms with Crippen LogP contribution in [0.1, 0.15) is 49.6 Å². The molecule has 13 heteroatoms. The van der Waals surface area contributed by atoms with Crippen LogP contribution in [0.4, 0.5) is 13.2 Å². The summed E-state index contributed by atoms with van der Waals surface area (Å²) in [5.41, 5.74) is 0.0968. The maximum Gasteiger partial charge on any atom is 0.416 e. The van der Waals surface area contributed by atoms with Crippen LogP contribution < -0.4 is 0 Å². The molecule has 8 nitrogen and oxygen atoms in total. The van der Waals surface area contributed by atoms with Gasteiger partial charge in [0.15, 0.2) is 4.90 Å². The molecule has 0 aliphatic heterocycles. The van der Waals surface area contributed by atoms with Crippen molar-refractivity contribution >= 4 is 27.2 Å². The summed E-state index contributed by atoms with van der Waals surface area (Å²) in [4.78, 5) is 11.1. The van der Waals surface area contributed by atoms with Crippen LogP contribution in [0.15, 0.2) is 34.2 Å². The molecule has 0 radical (unpaired) electrons. The Labute approximate surface area is 199 Å². The molecule has 188 valence electrons. The van der Waals surface area contributed by atoms with Crippen molar-refractivity contribution in [1.29, 1.82) is 0 Å². The van der Waals surface area contributed by atoms with E-state index < -0.39 is 49.8 Å². The van der Waals surface area contributed by atoms with Crippen LogP contribution in [0.5, 0.6) is 0 Å². The van der Waals surface area contributed by atoms with Gasteiger partial charge in [0.1, 0.15) is 12.3 Å². The molecular weight excluding hydrogens is 495 g/mol. The monoisotopic (exact) mass is 521 g/mol. The topological polar surface area (TPSA) is 105 Å². The first-order chi connectivity index (χ1) is 15.9. The van der Waals surface area contributed by atoms with Crippen molar-refractivity contribution < 1.29 is 35.7 Å². The Balaban J connectivity index is 1.99. The Morgan fingerprint density at radius 1 is 1.32 bits per heavy atom. The molecule has 2 aromatic rings. The lowest BCUT2D eigenvalue weighted by atomic mass is 9.93. The normalized spacial score (nSPS) is 17.5. The van der Waals surface area contributed by atoms with Gasteiger partial charge in [-0.25, -0.2) is 8.42 Å². The van der Waals surface area contributed by atoms with Crippen LogP contribution in [0, 0.1) is 0 Å². The minimum absolute atomic E-state index is 0.0439. The number of esters is 1. The van der Waals surface area contributed by atoms with Gasteiger partial charge in [-0.3, -0.25) is 9.48 Å². The van der Waals surface area contributed by atoms with Gasteiger partial charge in [-0.05, 0) is 50.4 Å². The van der Waals surface area contributed by atoms with Gasteiger partial charge in [-0.2, -0.15) is 22.6 Å². The highest BCUT2D eigenvalue weighted by Crippen LogP contribution is 2.38. The van der Waals surface area contributed by atoms with Crippen LogP contribution in [0.25, 0.3) is 0 Å². The summed E-state index contributed by atoms with van der Waals surface area (Å²) in [7, 11) is -3.08. The van der Waals surface area contributed by atoms with Crippen molar-refractivity contribution in [2.24, 2.45) is 0 Å². The van der Waals surface area contributed by atoms with Gasteiger partial charge in [0, 0.05) is 30.4 Å². The van der Waals surface area contributed by atoms with Crippen molar-refractivity contribution in [1.82, 2.24) is 14.1 Å². The van der Waals surface area contributed by atoms with Gasteiger partial charge < -0.3 is 9.29 Å². The van der Waals surface area contributed by atoms with E-state index in [1.165, 1.54) is 24.9 Å². The number of ether oxygens (including phenoxy) is 1. The zero-order valence-corrected chi connectivity index (χ0v) is 20.6. The lowest BCUT2D eigenvalue weighted by Gasteiger charge is -2.31. The van der Waals surface area contributed by atoms with E-state index in [1.54, 1.807) is 6.92 Å². The Morgan fingerprint density at radius 3 is 2.65 bits per heavy atom. The number of fused-ring (bicyclic) bond motifs is 1. The molecule has 1 aliphatic rings. The summed E-state index contributed by atoms with van der Waals surface area (Å²) in [6.07, 6.45) is -1.72. The number of halogens is 3. The predicted molar refractivity (Wildman–Crippen MR) is 118 cm³/mol. The summed E-state index contributed by atoms with van der Waals surface area (Å²) in [5.74, 6) is -0.431. The van der Waals surface area contributed by atoms with E-state index in [0.717, 1.165) is 16.4 Å². The summed E-state index contributed by atoms with van der Waals surface area (Å²) in [5, 5.41) is 4.21. The van der Waals surface area contributed by atoms with E-state index in [1.807, 2.05) is 0 Å². The zero-order chi connectivity index (χ0) is 25.3. The van der Waals surface area contributed by atoms with Gasteiger partial charge in [0.2, 0.25) is 10.0 Å². The van der Waals surface area contributed by atoms with E-state index in [9.17, 15) is 30.9 Å². The molecule has 0 bridgehead atoms. The summed E-state index contributed by atoms with van der Waals surface area (Å²) >= 11 is -1.78. The summed E-state index contributed by atoms with van der Waals surface area (Å²) in [6, 6.07) is 1.64. The average molecular weight is 522 g/mol. The van der Waals surface area contributed by atoms with Crippen LogP contribution in [-0.4, -0.2) is 52.4 Å². The zero-order valence-electron chi connectivity index (χ0n) is 19.0. The number of hydrogen-bond donors (Lipinski definition) is 0. The van der Waals surface area contributed by atoms with Crippen molar-refractivity contribution in [3.63, 3.8) is 0 Å². The van der Waals surface area contributed by atoms with Crippen LogP contribution >= 0.6 is 0 Å². The third-order valence-corrected chi connectivity index (χ3v) is 8.79. The van der Waals surface area contributed by atoms with Gasteiger partial charge >= 0.3 is 12.1 Å². The Hall–Kier alpha value is -2.09. The molecule has 3 rings (SSSR count). The maximum absolute atomic E-state index is 13.5. The van der Waals surface area contributed by atoms with Crippen molar-refractivity contribution in [2.75, 3.05) is 19.4 Å². The molecule has 1 aromatic carbocycles. The molecule has 1 heterocycles. The Bertz CT molecular complexity index is 1150. The minimum atomic E-state index is -4.80. The second kappa shape index (κ2) is 10.3. The molecule has 0 spiro atoms. The van der Waals surface area contributed by atoms with E-state index in [0.29, 0.717) is 36.6 Å². The molecule has 1 aromatic heterocycles. The largest absolute Gasteiger partial charge is 0.611 e. The summed E-state index contributed by atoms with van der Waals surface area (Å²) < 4.78 is 86.9. The van der Waals surface area contributed by atoms with Crippen molar-refractivity contribution in [3.05, 3.63) is 41.2 Å². The number of alkyl halides is 3. The highest BCUT2D eigenvalue weighted by molar-refractivity contribution is 7.91. The van der Waals surface area contributed by atoms with E-state index in [2.05, 4.69) is 5.10 Å². The molecule has 0 amide bonds. The average Bonchev–Trinajstić information content (AvgIpc) is 3.20. The SMILES string of the molecule is CCOC(=O)Cn1ncc2c1CCC[C@H]2N(C)S(=O)(=O)c1cc([S+]([O-])CC)cc(C(F)(F)F)c1. The van der Waals surface area contributed by atoms with Gasteiger partial charge in [-0.1, -0.05) is 0 Å². The lowest BCUT2D eigenvalue weighted by molar-refractivity contribution is -0.144. The first kappa shape index (κ1) is 26.5. The minimum Gasteiger partial charge on any atom is -0.611 e. The van der Waals surface area contributed by atoms with Crippen molar-refractivity contribution in [3.8, 4) is 0 Å². The molecule has 0 saturated carbocycles. The first-order valence-electron chi connectivity index (χ1n) is 10.7. The number of rotatable bonds is 8. The quantitative estimate of drug-likeness (QED) is 0.390. The van der Waals surface area contributed by atoms with Gasteiger partial charge in [-0.15, -0.1) is 0 Å². The molecule has 1 aliphatic carbocycles. The molecule has 2 atom stereocenters. The fourth-order valence-electron chi connectivity index (χ4n) is 3.95. The predicted octanol–water partition coefficient (Wildman–Crippen LogP) is 3.29. The molecule has 0 N–H and O–H groups in total. The van der Waals surface area contributed by atoms with Crippen LogP contribution in [-0.2, 0) is 49.9 Å². The fraction of sp³-hybridized carbons (Fsp3) is 0.524. The molecule has 34 heavy (non-hydrogen) atoms. The number of sulfonamides is 1. The van der Waals surface area contributed by atoms with E-state index in [-0.39, 0.29) is 23.8 Å². The number of carbonyl (C=O) groups is 1. The number of carbonyl (C=O) groups excluding carboxylic acids is 1. The number of nitrogens with zero attached hydrogens (tertiary/aromatic N) is 3. The summed E-state index contributed by atoms with van der Waals surface area (Å²) in [6.45, 7) is 3.32. The highest BCUT2D eigenvalue weighted by atomic mass is 32.2. The van der Waals surface area contributed by atoms with E-state index in [4.69, 9.17) is 4.74 Å². The van der Waals surface area contributed by atoms with Gasteiger partial charge in [0.05, 0.1) is 29.3 Å². The Morgan fingerprint density at radius 2 is 2.03 bits per heavy atom. The number of aromatic nitrogens is 2. The van der Waals surface area contributed by atoms with E-state index >= 15 is 0 Å². The standard InChI is InChI=1S/C21H26F3N3O5S2/c1-4-32-20(28)13-27-19-8-6-7-18(17(19)12-25-27)26(3)34(30,31)16-10-14(21(22,23)24)9-15(11-16)33(29)5-2/h9-12,18H,4-8,13H2,1-3H3/t18-,33?/m1/s1. The number of benzene rings is 1. The lowest BCUT2D eigenvalue weighted by Crippen LogP contribution is -2.34. The maximum atomic E-state index is 13.5. The second-order valence-electron chi connectivity index (χ2n) is 7.76. The number of hydrogen-bond acceptors (Lipinski definition) is 6. The third-order valence-electron chi connectivity index (χ3n) is 5.66. The smallest absolute Gasteiger partial charge is 0.416 e.